The van der Waals surface area contributed by atoms with E-state index in [1.165, 1.54) is 0 Å². The zero-order valence-corrected chi connectivity index (χ0v) is 11.0. The van der Waals surface area contributed by atoms with Gasteiger partial charge >= 0.3 is 0 Å². The smallest absolute Gasteiger partial charge is 0.136 e. The molecule has 4 nitrogen and oxygen atoms in total. The Kier molecular flexibility index (Phi) is 3.43. The molecule has 0 amide bonds. The molecule has 0 saturated carbocycles. The maximum Gasteiger partial charge on any atom is 0.136 e. The van der Waals surface area contributed by atoms with Crippen LogP contribution >= 0.6 is 11.6 Å². The predicted octanol–water partition coefficient (Wildman–Crippen LogP) is 2.79. The molecular weight excluding hydrogens is 236 g/mol. The molecule has 0 atom stereocenters. The van der Waals surface area contributed by atoms with E-state index in [2.05, 4.69) is 22.0 Å². The molecule has 17 heavy (non-hydrogen) atoms. The minimum atomic E-state index is 0.527. The molecule has 0 aliphatic rings. The van der Waals surface area contributed by atoms with Gasteiger partial charge in [0.05, 0.1) is 11.4 Å². The van der Waals surface area contributed by atoms with Crippen LogP contribution in [0.5, 0.6) is 0 Å². The number of aromatic nitrogens is 4. The van der Waals surface area contributed by atoms with Gasteiger partial charge in [0.2, 0.25) is 0 Å². The van der Waals surface area contributed by atoms with Crippen LogP contribution in [0, 0.1) is 6.92 Å². The minimum Gasteiger partial charge on any atom is -0.266 e. The Balaban J connectivity index is 2.56. The van der Waals surface area contributed by atoms with Gasteiger partial charge in [0.15, 0.2) is 0 Å². The van der Waals surface area contributed by atoms with Gasteiger partial charge < -0.3 is 0 Å². The Morgan fingerprint density at radius 3 is 2.71 bits per heavy atom. The zero-order valence-electron chi connectivity index (χ0n) is 10.2. The van der Waals surface area contributed by atoms with E-state index in [-0.39, 0.29) is 0 Å². The third-order valence-corrected chi connectivity index (χ3v) is 3.04. The van der Waals surface area contributed by atoms with E-state index in [1.54, 1.807) is 10.9 Å². The molecule has 0 aliphatic carbocycles. The summed E-state index contributed by atoms with van der Waals surface area (Å²) in [6.45, 7) is 4.03. The lowest BCUT2D eigenvalue weighted by Crippen LogP contribution is -2.03. The summed E-state index contributed by atoms with van der Waals surface area (Å²) in [5.41, 5.74) is 2.73. The van der Waals surface area contributed by atoms with Crippen molar-refractivity contribution in [1.29, 1.82) is 0 Å². The molecule has 0 aliphatic heterocycles. The van der Waals surface area contributed by atoms with Gasteiger partial charge in [-0.05, 0) is 19.4 Å². The van der Waals surface area contributed by atoms with E-state index in [0.717, 1.165) is 35.6 Å². The van der Waals surface area contributed by atoms with Crippen LogP contribution in [-0.4, -0.2) is 19.7 Å². The molecule has 90 valence electrons. The third kappa shape index (κ3) is 2.31. The fourth-order valence-electron chi connectivity index (χ4n) is 1.72. The quantitative estimate of drug-likeness (QED) is 0.787. The molecule has 0 aromatic carbocycles. The lowest BCUT2D eigenvalue weighted by atomic mass is 10.2. The highest BCUT2D eigenvalue weighted by Crippen LogP contribution is 2.25. The van der Waals surface area contributed by atoms with Gasteiger partial charge in [0.25, 0.3) is 0 Å². The van der Waals surface area contributed by atoms with E-state index < -0.39 is 0 Å². The highest BCUT2D eigenvalue weighted by atomic mass is 35.5. The zero-order chi connectivity index (χ0) is 12.4. The molecule has 0 radical (unpaired) electrons. The highest BCUT2D eigenvalue weighted by molar-refractivity contribution is 6.30. The second-order valence-corrected chi connectivity index (χ2v) is 4.35. The van der Waals surface area contributed by atoms with E-state index in [1.807, 2.05) is 20.0 Å². The molecule has 2 aromatic rings. The minimum absolute atomic E-state index is 0.527. The highest BCUT2D eigenvalue weighted by Gasteiger charge is 2.13. The van der Waals surface area contributed by atoms with Gasteiger partial charge in [-0.25, -0.2) is 9.97 Å². The van der Waals surface area contributed by atoms with E-state index in [0.29, 0.717) is 5.15 Å². The number of aryl methyl sites for hydroxylation is 2. The number of nitrogens with zero attached hydrogens (tertiary/aromatic N) is 4. The summed E-state index contributed by atoms with van der Waals surface area (Å²) in [4.78, 5) is 8.86. The molecular formula is C12H15ClN4. The first kappa shape index (κ1) is 12.0. The largest absolute Gasteiger partial charge is 0.266 e. The molecule has 0 spiro atoms. The Morgan fingerprint density at radius 1 is 1.35 bits per heavy atom. The summed E-state index contributed by atoms with van der Waals surface area (Å²) >= 11 is 6.14. The molecule has 0 N–H and O–H groups in total. The van der Waals surface area contributed by atoms with Crippen LogP contribution in [0.25, 0.3) is 11.4 Å². The summed E-state index contributed by atoms with van der Waals surface area (Å²) in [5, 5.41) is 4.68. The maximum atomic E-state index is 6.14. The van der Waals surface area contributed by atoms with Crippen molar-refractivity contribution < 1.29 is 0 Å². The molecule has 2 heterocycles. The van der Waals surface area contributed by atoms with Crippen LogP contribution < -0.4 is 0 Å². The SMILES string of the molecule is CCCc1nc(Cl)c(C)c(-c2ccnn2C)n1. The van der Waals surface area contributed by atoms with E-state index in [9.17, 15) is 0 Å². The first-order valence-corrected chi connectivity index (χ1v) is 6.02. The monoisotopic (exact) mass is 250 g/mol. The topological polar surface area (TPSA) is 43.6 Å². The summed E-state index contributed by atoms with van der Waals surface area (Å²) in [7, 11) is 1.89. The number of hydrogen-bond donors (Lipinski definition) is 0. The van der Waals surface area contributed by atoms with Crippen LogP contribution in [-0.2, 0) is 13.5 Å². The second-order valence-electron chi connectivity index (χ2n) is 3.99. The first-order chi connectivity index (χ1) is 8.13. The van der Waals surface area contributed by atoms with Crippen LogP contribution in [0.3, 0.4) is 0 Å². The fraction of sp³-hybridized carbons (Fsp3) is 0.417. The van der Waals surface area contributed by atoms with Crippen LogP contribution in [0.15, 0.2) is 12.3 Å². The summed E-state index contributed by atoms with van der Waals surface area (Å²) < 4.78 is 1.79. The predicted molar refractivity (Wildman–Crippen MR) is 68.0 cm³/mol. The molecule has 0 saturated heterocycles. The summed E-state index contributed by atoms with van der Waals surface area (Å²) in [6.07, 6.45) is 3.60. The van der Waals surface area contributed by atoms with E-state index >= 15 is 0 Å². The summed E-state index contributed by atoms with van der Waals surface area (Å²) in [5.74, 6) is 0.791. The Bertz CT molecular complexity index is 533. The number of halogens is 1. The van der Waals surface area contributed by atoms with Crippen molar-refractivity contribution in [2.75, 3.05) is 0 Å². The number of hydrogen-bond acceptors (Lipinski definition) is 3. The average molecular weight is 251 g/mol. The molecule has 0 fully saturated rings. The Morgan fingerprint density at radius 2 is 2.12 bits per heavy atom. The number of rotatable bonds is 3. The van der Waals surface area contributed by atoms with Crippen molar-refractivity contribution in [1.82, 2.24) is 19.7 Å². The van der Waals surface area contributed by atoms with Crippen LogP contribution in [0.2, 0.25) is 5.15 Å². The normalized spacial score (nSPS) is 10.8. The molecule has 0 bridgehead atoms. The molecule has 2 aromatic heterocycles. The van der Waals surface area contributed by atoms with Gasteiger partial charge in [-0.2, -0.15) is 5.10 Å². The van der Waals surface area contributed by atoms with Crippen LogP contribution in [0.4, 0.5) is 0 Å². The Hall–Kier alpha value is -1.42. The van der Waals surface area contributed by atoms with E-state index in [4.69, 9.17) is 11.6 Å². The molecule has 0 unspecified atom stereocenters. The van der Waals surface area contributed by atoms with Gasteiger partial charge in [-0.15, -0.1) is 0 Å². The van der Waals surface area contributed by atoms with Crippen molar-refractivity contribution in [3.63, 3.8) is 0 Å². The first-order valence-electron chi connectivity index (χ1n) is 5.65. The second kappa shape index (κ2) is 4.84. The lowest BCUT2D eigenvalue weighted by molar-refractivity contribution is 0.767. The molecule has 5 heteroatoms. The fourth-order valence-corrected chi connectivity index (χ4v) is 1.91. The average Bonchev–Trinajstić information content (AvgIpc) is 2.70. The Labute approximate surface area is 106 Å². The van der Waals surface area contributed by atoms with Crippen molar-refractivity contribution in [2.24, 2.45) is 7.05 Å². The molecule has 2 rings (SSSR count). The van der Waals surface area contributed by atoms with Gasteiger partial charge in [-0.3, -0.25) is 4.68 Å². The van der Waals surface area contributed by atoms with Crippen molar-refractivity contribution in [3.05, 3.63) is 28.8 Å². The summed E-state index contributed by atoms with van der Waals surface area (Å²) in [6, 6.07) is 1.93. The van der Waals surface area contributed by atoms with Gasteiger partial charge in [-0.1, -0.05) is 18.5 Å². The van der Waals surface area contributed by atoms with Crippen molar-refractivity contribution in [3.8, 4) is 11.4 Å². The third-order valence-electron chi connectivity index (χ3n) is 2.67. The maximum absolute atomic E-state index is 6.14. The van der Waals surface area contributed by atoms with Crippen molar-refractivity contribution in [2.45, 2.75) is 26.7 Å². The van der Waals surface area contributed by atoms with Crippen molar-refractivity contribution >= 4 is 11.6 Å². The van der Waals surface area contributed by atoms with Gasteiger partial charge in [0.1, 0.15) is 11.0 Å². The van der Waals surface area contributed by atoms with Gasteiger partial charge in [0, 0.05) is 25.2 Å². The standard InChI is InChI=1S/C12H15ClN4/c1-4-5-10-15-11(8(2)12(13)16-10)9-6-7-14-17(9)3/h6-7H,4-5H2,1-3H3. The van der Waals surface area contributed by atoms with Crippen LogP contribution in [0.1, 0.15) is 24.7 Å². The lowest BCUT2D eigenvalue weighted by Gasteiger charge is -2.09.